The topological polar surface area (TPSA) is 58.2 Å². The minimum atomic E-state index is -0.610. The third kappa shape index (κ3) is 4.07. The number of amides is 2. The molecule has 0 aliphatic carbocycles. The van der Waals surface area contributed by atoms with Gasteiger partial charge in [-0.25, -0.2) is 0 Å². The molecule has 0 unspecified atom stereocenters. The molecule has 1 aromatic rings. The van der Waals surface area contributed by atoms with E-state index in [0.29, 0.717) is 0 Å². The van der Waals surface area contributed by atoms with Gasteiger partial charge in [0.2, 0.25) is 11.8 Å². The molecule has 0 fully saturated rings. The van der Waals surface area contributed by atoms with Crippen LogP contribution in [0.25, 0.3) is 0 Å². The number of alkyl halides is 1. The highest BCUT2D eigenvalue weighted by atomic mass is 35.5. The van der Waals surface area contributed by atoms with Crippen molar-refractivity contribution in [1.29, 1.82) is 0 Å². The Labute approximate surface area is 105 Å². The fourth-order valence-electron chi connectivity index (χ4n) is 1.30. The van der Waals surface area contributed by atoms with E-state index in [2.05, 4.69) is 10.6 Å². The van der Waals surface area contributed by atoms with Gasteiger partial charge in [0.25, 0.3) is 0 Å². The average Bonchev–Trinajstić information content (AvgIpc) is 2.31. The van der Waals surface area contributed by atoms with Gasteiger partial charge in [-0.15, -0.1) is 11.6 Å². The summed E-state index contributed by atoms with van der Waals surface area (Å²) in [6.45, 7) is 3.51. The highest BCUT2D eigenvalue weighted by Gasteiger charge is 2.15. The van der Waals surface area contributed by atoms with E-state index in [0.717, 1.165) is 11.3 Å². The summed E-state index contributed by atoms with van der Waals surface area (Å²) in [5, 5.41) is 5.23. The number of hydrogen-bond acceptors (Lipinski definition) is 2. The van der Waals surface area contributed by atoms with Gasteiger partial charge in [0, 0.05) is 5.69 Å². The van der Waals surface area contributed by atoms with Crippen molar-refractivity contribution in [2.75, 3.05) is 11.2 Å². The lowest BCUT2D eigenvalue weighted by Gasteiger charge is -2.14. The molecule has 0 bridgehead atoms. The van der Waals surface area contributed by atoms with Crippen LogP contribution in [0, 0.1) is 6.92 Å². The van der Waals surface area contributed by atoms with Crippen molar-refractivity contribution in [1.82, 2.24) is 5.32 Å². The molecule has 92 valence electrons. The molecule has 0 heterocycles. The molecule has 5 heteroatoms. The van der Waals surface area contributed by atoms with Crippen molar-refractivity contribution in [3.05, 3.63) is 29.8 Å². The van der Waals surface area contributed by atoms with Crippen molar-refractivity contribution >= 4 is 29.1 Å². The van der Waals surface area contributed by atoms with Gasteiger partial charge in [-0.1, -0.05) is 18.2 Å². The van der Waals surface area contributed by atoms with Gasteiger partial charge in [0.15, 0.2) is 0 Å². The summed E-state index contributed by atoms with van der Waals surface area (Å²) in [5.41, 5.74) is 1.71. The van der Waals surface area contributed by atoms with Crippen LogP contribution in [-0.4, -0.2) is 23.7 Å². The molecule has 0 aliphatic heterocycles. The molecule has 1 rings (SSSR count). The van der Waals surface area contributed by atoms with E-state index in [1.165, 1.54) is 0 Å². The second-order valence-electron chi connectivity index (χ2n) is 3.73. The number of halogens is 1. The largest absolute Gasteiger partial charge is 0.344 e. The van der Waals surface area contributed by atoms with E-state index in [1.807, 2.05) is 31.2 Å². The first-order valence-corrected chi connectivity index (χ1v) is 5.80. The van der Waals surface area contributed by atoms with Gasteiger partial charge in [-0.3, -0.25) is 9.59 Å². The van der Waals surface area contributed by atoms with Crippen molar-refractivity contribution in [3.63, 3.8) is 0 Å². The van der Waals surface area contributed by atoms with Crippen LogP contribution < -0.4 is 10.6 Å². The van der Waals surface area contributed by atoms with Crippen LogP contribution in [0.5, 0.6) is 0 Å². The predicted molar refractivity (Wildman–Crippen MR) is 68.1 cm³/mol. The maximum atomic E-state index is 11.7. The third-order valence-electron chi connectivity index (χ3n) is 2.30. The number of anilines is 1. The number of carbonyl (C=O) groups excluding carboxylic acids is 2. The Hall–Kier alpha value is -1.55. The third-order valence-corrected chi connectivity index (χ3v) is 2.54. The molecule has 0 saturated heterocycles. The zero-order valence-corrected chi connectivity index (χ0v) is 10.5. The lowest BCUT2D eigenvalue weighted by Crippen LogP contribution is -2.42. The fraction of sp³-hybridized carbons (Fsp3) is 0.333. The molecular formula is C12H15ClN2O2. The molecule has 0 spiro atoms. The zero-order chi connectivity index (χ0) is 12.8. The van der Waals surface area contributed by atoms with E-state index >= 15 is 0 Å². The van der Waals surface area contributed by atoms with E-state index in [9.17, 15) is 9.59 Å². The summed E-state index contributed by atoms with van der Waals surface area (Å²) >= 11 is 5.34. The van der Waals surface area contributed by atoms with Crippen molar-refractivity contribution in [2.24, 2.45) is 0 Å². The smallest absolute Gasteiger partial charge is 0.246 e. The van der Waals surface area contributed by atoms with E-state index < -0.39 is 6.04 Å². The van der Waals surface area contributed by atoms with Gasteiger partial charge in [0.05, 0.1) is 0 Å². The second kappa shape index (κ2) is 6.25. The Bertz CT molecular complexity index is 421. The van der Waals surface area contributed by atoms with Gasteiger partial charge in [-0.05, 0) is 25.5 Å². The molecule has 2 N–H and O–H groups in total. The van der Waals surface area contributed by atoms with Gasteiger partial charge in [0.1, 0.15) is 11.9 Å². The Balaban J connectivity index is 2.60. The summed E-state index contributed by atoms with van der Waals surface area (Å²) in [4.78, 5) is 22.8. The van der Waals surface area contributed by atoms with E-state index in [-0.39, 0.29) is 17.7 Å². The molecular weight excluding hydrogens is 240 g/mol. The van der Waals surface area contributed by atoms with Crippen molar-refractivity contribution in [2.45, 2.75) is 19.9 Å². The minimum absolute atomic E-state index is 0.151. The molecule has 0 aromatic heterocycles. The Kier molecular flexibility index (Phi) is 4.97. The fourth-order valence-corrected chi connectivity index (χ4v) is 1.38. The van der Waals surface area contributed by atoms with Crippen LogP contribution in [0.1, 0.15) is 12.5 Å². The Morgan fingerprint density at radius 1 is 1.35 bits per heavy atom. The predicted octanol–water partition coefficient (Wildman–Crippen LogP) is 1.68. The first-order valence-electron chi connectivity index (χ1n) is 5.26. The summed E-state index contributed by atoms with van der Waals surface area (Å²) < 4.78 is 0. The quantitative estimate of drug-likeness (QED) is 0.803. The molecule has 1 atom stereocenters. The monoisotopic (exact) mass is 254 g/mol. The van der Waals surface area contributed by atoms with Gasteiger partial charge in [-0.2, -0.15) is 0 Å². The zero-order valence-electron chi connectivity index (χ0n) is 9.79. The van der Waals surface area contributed by atoms with Crippen LogP contribution in [0.4, 0.5) is 5.69 Å². The SMILES string of the molecule is Cc1ccccc1NC(=O)[C@H](C)NC(=O)CCl. The summed E-state index contributed by atoms with van der Waals surface area (Å²) in [5.74, 6) is -0.779. The summed E-state index contributed by atoms with van der Waals surface area (Å²) in [7, 11) is 0. The summed E-state index contributed by atoms with van der Waals surface area (Å²) in [6.07, 6.45) is 0. The number of rotatable bonds is 4. The number of para-hydroxylation sites is 1. The first-order chi connectivity index (χ1) is 8.04. The highest BCUT2D eigenvalue weighted by Crippen LogP contribution is 2.13. The first kappa shape index (κ1) is 13.5. The lowest BCUT2D eigenvalue weighted by atomic mass is 10.2. The highest BCUT2D eigenvalue weighted by molar-refractivity contribution is 6.27. The molecule has 17 heavy (non-hydrogen) atoms. The van der Waals surface area contributed by atoms with Gasteiger partial charge >= 0.3 is 0 Å². The van der Waals surface area contributed by atoms with Crippen LogP contribution >= 0.6 is 11.6 Å². The molecule has 0 radical (unpaired) electrons. The van der Waals surface area contributed by atoms with Crippen molar-refractivity contribution in [3.8, 4) is 0 Å². The normalized spacial score (nSPS) is 11.7. The van der Waals surface area contributed by atoms with Crippen LogP contribution in [0.2, 0.25) is 0 Å². The number of aryl methyl sites for hydroxylation is 1. The molecule has 4 nitrogen and oxygen atoms in total. The molecule has 0 aliphatic rings. The van der Waals surface area contributed by atoms with Crippen LogP contribution in [0.15, 0.2) is 24.3 Å². The maximum Gasteiger partial charge on any atom is 0.246 e. The average molecular weight is 255 g/mol. The molecule has 1 aromatic carbocycles. The number of benzene rings is 1. The van der Waals surface area contributed by atoms with E-state index in [4.69, 9.17) is 11.6 Å². The van der Waals surface area contributed by atoms with Gasteiger partial charge < -0.3 is 10.6 Å². The Morgan fingerprint density at radius 3 is 2.59 bits per heavy atom. The Morgan fingerprint density at radius 2 is 2.00 bits per heavy atom. The van der Waals surface area contributed by atoms with Crippen LogP contribution in [0.3, 0.4) is 0 Å². The lowest BCUT2D eigenvalue weighted by molar-refractivity contribution is -0.124. The van der Waals surface area contributed by atoms with E-state index in [1.54, 1.807) is 6.92 Å². The molecule has 2 amide bonds. The van der Waals surface area contributed by atoms with Crippen molar-refractivity contribution < 1.29 is 9.59 Å². The summed E-state index contributed by atoms with van der Waals surface area (Å²) in [6, 6.07) is 6.83. The number of carbonyl (C=O) groups is 2. The number of hydrogen-bond donors (Lipinski definition) is 2. The van der Waals surface area contributed by atoms with Crippen LogP contribution in [-0.2, 0) is 9.59 Å². The number of nitrogens with one attached hydrogen (secondary N) is 2. The second-order valence-corrected chi connectivity index (χ2v) is 3.99. The minimum Gasteiger partial charge on any atom is -0.344 e. The standard InChI is InChI=1S/C12H15ClN2O2/c1-8-5-3-4-6-10(8)15-12(17)9(2)14-11(16)7-13/h3-6,9H,7H2,1-2H3,(H,14,16)(H,15,17)/t9-/m0/s1. The maximum absolute atomic E-state index is 11.7. The molecule has 0 saturated carbocycles.